The van der Waals surface area contributed by atoms with E-state index in [9.17, 15) is 22.8 Å². The summed E-state index contributed by atoms with van der Waals surface area (Å²) in [6, 6.07) is 10.6. The van der Waals surface area contributed by atoms with Crippen molar-refractivity contribution in [3.05, 3.63) is 65.3 Å². The van der Waals surface area contributed by atoms with Crippen LogP contribution in [-0.2, 0) is 25.4 Å². The van der Waals surface area contributed by atoms with E-state index in [1.807, 2.05) is 31.2 Å². The number of thiophene rings is 1. The smallest absolute Gasteiger partial charge is 0.262 e. The van der Waals surface area contributed by atoms with Gasteiger partial charge < -0.3 is 10.2 Å². The minimum Gasteiger partial charge on any atom is -0.340 e. The Morgan fingerprint density at radius 3 is 2.76 bits per heavy atom. The summed E-state index contributed by atoms with van der Waals surface area (Å²) in [5, 5.41) is 3.83. The molecule has 1 aromatic carbocycles. The monoisotopic (exact) mass is 540 g/mol. The molecular formula is C26H28N4O5S2. The second kappa shape index (κ2) is 10.3. The van der Waals surface area contributed by atoms with Gasteiger partial charge in [-0.2, -0.15) is 4.31 Å². The number of Topliss-reactive ketones (excluding diaryl/α,β-unsaturated/α-hetero) is 1. The number of aromatic nitrogens is 1. The third-order valence-electron chi connectivity index (χ3n) is 6.92. The van der Waals surface area contributed by atoms with Gasteiger partial charge in [-0.05, 0) is 42.0 Å². The molecule has 2 amide bonds. The number of likely N-dealkylation sites (tertiary alicyclic amines) is 1. The Labute approximate surface area is 219 Å². The van der Waals surface area contributed by atoms with Crippen LogP contribution >= 0.6 is 11.3 Å². The first-order valence-electron chi connectivity index (χ1n) is 12.3. The van der Waals surface area contributed by atoms with Crippen LogP contribution in [0.3, 0.4) is 0 Å². The molecule has 0 saturated carbocycles. The maximum Gasteiger partial charge on any atom is 0.262 e. The number of nitrogens with zero attached hydrogens (tertiary/aromatic N) is 3. The second-order valence-corrected chi connectivity index (χ2v) is 12.4. The molecule has 37 heavy (non-hydrogen) atoms. The highest BCUT2D eigenvalue weighted by molar-refractivity contribution is 7.88. The molecule has 3 atom stereocenters. The van der Waals surface area contributed by atoms with Crippen molar-refractivity contribution in [2.24, 2.45) is 0 Å². The Morgan fingerprint density at radius 1 is 1.22 bits per heavy atom. The zero-order valence-electron chi connectivity index (χ0n) is 20.4. The molecule has 3 aromatic rings. The molecule has 2 aromatic heterocycles. The lowest BCUT2D eigenvalue weighted by Crippen LogP contribution is -2.52. The molecule has 194 valence electrons. The lowest BCUT2D eigenvalue weighted by Gasteiger charge is -2.28. The summed E-state index contributed by atoms with van der Waals surface area (Å²) in [5.74, 6) is -1.22. The van der Waals surface area contributed by atoms with Gasteiger partial charge in [0.05, 0.1) is 23.2 Å². The number of benzene rings is 1. The van der Waals surface area contributed by atoms with Crippen LogP contribution in [0, 0.1) is 0 Å². The van der Waals surface area contributed by atoms with Crippen LogP contribution in [0.15, 0.2) is 54.9 Å². The number of fused-ring (bicyclic) bond motifs is 2. The molecule has 2 saturated heterocycles. The fourth-order valence-corrected chi connectivity index (χ4v) is 7.91. The minimum absolute atomic E-state index is 0.255. The summed E-state index contributed by atoms with van der Waals surface area (Å²) in [6.07, 6.45) is 4.51. The topological polar surface area (TPSA) is 117 Å². The summed E-state index contributed by atoms with van der Waals surface area (Å²) in [5.41, 5.74) is 0.538. The lowest BCUT2D eigenvalue weighted by atomic mass is 10.1. The van der Waals surface area contributed by atoms with Crippen LogP contribution in [-0.4, -0.2) is 71.4 Å². The standard InChI is InChI=1S/C26H28N4O5S2/c1-2-6-19(28-25(32)23-13-18-8-3-4-9-22(18)36-23)26(33)29-12-10-20-24(29)21(31)15-30(20)37(34,35)16-17-7-5-11-27-14-17/h3-5,7-9,11,13-14,19-20,24H,2,6,10,12,15-16H2,1H3,(H,28,32). The van der Waals surface area contributed by atoms with Crippen molar-refractivity contribution in [3.8, 4) is 0 Å². The first kappa shape index (κ1) is 25.5. The van der Waals surface area contributed by atoms with E-state index in [2.05, 4.69) is 10.3 Å². The number of rotatable bonds is 8. The SMILES string of the molecule is CCCC(NC(=O)c1cc2ccccc2s1)C(=O)N1CCC2C1C(=O)CN2S(=O)(=O)Cc1cccnc1. The molecule has 5 rings (SSSR count). The number of carbonyl (C=O) groups excluding carboxylic acids is 3. The highest BCUT2D eigenvalue weighted by Gasteiger charge is 2.54. The average Bonchev–Trinajstić information content (AvgIpc) is 3.59. The van der Waals surface area contributed by atoms with E-state index in [-0.39, 0.29) is 36.4 Å². The first-order chi connectivity index (χ1) is 17.8. The maximum absolute atomic E-state index is 13.6. The summed E-state index contributed by atoms with van der Waals surface area (Å²) >= 11 is 1.36. The molecule has 9 nitrogen and oxygen atoms in total. The molecule has 3 unspecified atom stereocenters. The summed E-state index contributed by atoms with van der Waals surface area (Å²) < 4.78 is 28.6. The van der Waals surface area contributed by atoms with E-state index in [1.54, 1.807) is 24.4 Å². The molecule has 11 heteroatoms. The quantitative estimate of drug-likeness (QED) is 0.470. The van der Waals surface area contributed by atoms with Gasteiger partial charge >= 0.3 is 0 Å². The van der Waals surface area contributed by atoms with Gasteiger partial charge in [0.2, 0.25) is 15.9 Å². The van der Waals surface area contributed by atoms with Crippen molar-refractivity contribution in [2.45, 2.75) is 50.1 Å². The van der Waals surface area contributed by atoms with Gasteiger partial charge in [0.25, 0.3) is 5.91 Å². The van der Waals surface area contributed by atoms with Crippen LogP contribution in [0.1, 0.15) is 41.4 Å². The van der Waals surface area contributed by atoms with Crippen molar-refractivity contribution in [1.82, 2.24) is 19.5 Å². The predicted molar refractivity (Wildman–Crippen MR) is 140 cm³/mol. The first-order valence-corrected chi connectivity index (χ1v) is 14.7. The number of hydrogen-bond donors (Lipinski definition) is 1. The van der Waals surface area contributed by atoms with Crippen molar-refractivity contribution in [2.75, 3.05) is 13.1 Å². The van der Waals surface area contributed by atoms with E-state index >= 15 is 0 Å². The Kier molecular flexibility index (Phi) is 7.11. The van der Waals surface area contributed by atoms with Crippen molar-refractivity contribution >= 4 is 49.0 Å². The molecule has 1 N–H and O–H groups in total. The molecule has 2 fully saturated rings. The summed E-state index contributed by atoms with van der Waals surface area (Å²) in [6.45, 7) is 1.93. The number of amides is 2. The van der Waals surface area contributed by atoms with Crippen molar-refractivity contribution in [3.63, 3.8) is 0 Å². The molecule has 0 aliphatic carbocycles. The molecule has 0 spiro atoms. The van der Waals surface area contributed by atoms with E-state index in [0.29, 0.717) is 29.7 Å². The van der Waals surface area contributed by atoms with Gasteiger partial charge in [-0.3, -0.25) is 19.4 Å². The minimum atomic E-state index is -3.78. The van der Waals surface area contributed by atoms with E-state index in [0.717, 1.165) is 10.1 Å². The second-order valence-electron chi connectivity index (χ2n) is 9.42. The predicted octanol–water partition coefficient (Wildman–Crippen LogP) is 2.58. The van der Waals surface area contributed by atoms with Gasteiger partial charge in [0.15, 0.2) is 5.78 Å². The van der Waals surface area contributed by atoms with Gasteiger partial charge in [-0.1, -0.05) is 37.6 Å². The number of carbonyl (C=O) groups is 3. The van der Waals surface area contributed by atoms with E-state index < -0.39 is 28.1 Å². The highest BCUT2D eigenvalue weighted by Crippen LogP contribution is 2.33. The van der Waals surface area contributed by atoms with Crippen LogP contribution in [0.25, 0.3) is 10.1 Å². The van der Waals surface area contributed by atoms with Crippen LogP contribution in [0.4, 0.5) is 0 Å². The Morgan fingerprint density at radius 2 is 2.03 bits per heavy atom. The van der Waals surface area contributed by atoms with Crippen molar-refractivity contribution in [1.29, 1.82) is 0 Å². The number of sulfonamides is 1. The maximum atomic E-state index is 13.6. The molecule has 2 aliphatic heterocycles. The van der Waals surface area contributed by atoms with Gasteiger partial charge in [-0.15, -0.1) is 11.3 Å². The molecular weight excluding hydrogens is 512 g/mol. The van der Waals surface area contributed by atoms with Crippen molar-refractivity contribution < 1.29 is 22.8 Å². The normalized spacial score (nSPS) is 20.8. The molecule has 4 heterocycles. The Balaban J connectivity index is 1.31. The summed E-state index contributed by atoms with van der Waals surface area (Å²) in [4.78, 5) is 45.6. The van der Waals surface area contributed by atoms with Gasteiger partial charge in [-0.25, -0.2) is 8.42 Å². The van der Waals surface area contributed by atoms with Crippen LogP contribution in [0.5, 0.6) is 0 Å². The Bertz CT molecular complexity index is 1410. The fraction of sp³-hybridized carbons (Fsp3) is 0.385. The third-order valence-corrected chi connectivity index (χ3v) is 9.85. The largest absolute Gasteiger partial charge is 0.340 e. The van der Waals surface area contributed by atoms with E-state index in [1.165, 1.54) is 26.7 Å². The Hall–Kier alpha value is -3.15. The summed E-state index contributed by atoms with van der Waals surface area (Å²) in [7, 11) is -3.78. The molecule has 2 aliphatic rings. The highest BCUT2D eigenvalue weighted by atomic mass is 32.2. The number of nitrogens with one attached hydrogen (secondary N) is 1. The molecule has 0 bridgehead atoms. The molecule has 0 radical (unpaired) electrons. The van der Waals surface area contributed by atoms with Crippen LogP contribution in [0.2, 0.25) is 0 Å². The van der Waals surface area contributed by atoms with Gasteiger partial charge in [0, 0.05) is 23.6 Å². The van der Waals surface area contributed by atoms with Gasteiger partial charge in [0.1, 0.15) is 12.1 Å². The van der Waals surface area contributed by atoms with E-state index in [4.69, 9.17) is 0 Å². The lowest BCUT2D eigenvalue weighted by molar-refractivity contribution is -0.138. The fourth-order valence-electron chi connectivity index (χ4n) is 5.23. The van der Waals surface area contributed by atoms with Crippen LogP contribution < -0.4 is 5.32 Å². The zero-order chi connectivity index (χ0) is 26.2. The third kappa shape index (κ3) is 5.03. The average molecular weight is 541 g/mol. The number of pyridine rings is 1. The number of hydrogen-bond acceptors (Lipinski definition) is 7. The number of ketones is 1. The zero-order valence-corrected chi connectivity index (χ0v) is 22.0.